The Morgan fingerprint density at radius 1 is 1.15 bits per heavy atom. The summed E-state index contributed by atoms with van der Waals surface area (Å²) in [6.45, 7) is 1.38. The molecule has 2 rings (SSSR count). The van der Waals surface area contributed by atoms with Crippen LogP contribution in [0.5, 0.6) is 0 Å². The lowest BCUT2D eigenvalue weighted by Gasteiger charge is -2.07. The molecule has 20 heavy (non-hydrogen) atoms. The number of amides is 1. The molecule has 1 aromatic carbocycles. The average molecular weight is 292 g/mol. The molecule has 8 heteroatoms. The minimum absolute atomic E-state index is 0.0669. The van der Waals surface area contributed by atoms with E-state index < -0.39 is 10.0 Å². The molecule has 0 spiro atoms. The van der Waals surface area contributed by atoms with E-state index in [1.54, 1.807) is 0 Å². The Morgan fingerprint density at radius 2 is 1.85 bits per heavy atom. The van der Waals surface area contributed by atoms with Gasteiger partial charge in [0, 0.05) is 25.0 Å². The van der Waals surface area contributed by atoms with Gasteiger partial charge in [-0.1, -0.05) is 0 Å². The predicted octanol–water partition coefficient (Wildman–Crippen LogP) is 1.24. The summed E-state index contributed by atoms with van der Waals surface area (Å²) in [5, 5.41) is 2.56. The van der Waals surface area contributed by atoms with E-state index in [1.807, 2.05) is 0 Å². The van der Waals surface area contributed by atoms with Gasteiger partial charge >= 0.3 is 0 Å². The zero-order valence-electron chi connectivity index (χ0n) is 10.6. The molecule has 1 heterocycles. The molecule has 1 aromatic heterocycles. The highest BCUT2D eigenvalue weighted by Crippen LogP contribution is 2.16. The lowest BCUT2D eigenvalue weighted by atomic mass is 10.3. The third kappa shape index (κ3) is 3.51. The Bertz CT molecular complexity index is 699. The fraction of sp³-hybridized carbons (Fsp3) is 0.0833. The molecule has 0 radical (unpaired) electrons. The molecule has 2 N–H and O–H groups in total. The van der Waals surface area contributed by atoms with Crippen LogP contribution in [0.15, 0.2) is 47.8 Å². The molecule has 1 amide bonds. The summed E-state index contributed by atoms with van der Waals surface area (Å²) in [5.74, 6) is -0.0864. The number of hydrogen-bond donors (Lipinski definition) is 2. The zero-order chi connectivity index (χ0) is 14.6. The van der Waals surface area contributed by atoms with Crippen molar-refractivity contribution >= 4 is 27.4 Å². The molecular formula is C12H12N4O3S. The molecule has 0 saturated carbocycles. The number of nitrogens with one attached hydrogen (secondary N) is 2. The van der Waals surface area contributed by atoms with Gasteiger partial charge in [0.15, 0.2) is 5.82 Å². The second kappa shape index (κ2) is 5.66. The van der Waals surface area contributed by atoms with Crippen LogP contribution in [0.4, 0.5) is 11.5 Å². The third-order valence-corrected chi connectivity index (χ3v) is 3.66. The maximum atomic E-state index is 12.1. The van der Waals surface area contributed by atoms with E-state index in [9.17, 15) is 13.2 Å². The van der Waals surface area contributed by atoms with Gasteiger partial charge in [-0.15, -0.1) is 0 Å². The number of carbonyl (C=O) groups excluding carboxylic acids is 1. The summed E-state index contributed by atoms with van der Waals surface area (Å²) >= 11 is 0. The highest BCUT2D eigenvalue weighted by atomic mass is 32.2. The number of sulfonamides is 1. The summed E-state index contributed by atoms with van der Waals surface area (Å²) in [5.41, 5.74) is 0.524. The molecule has 0 aliphatic carbocycles. The summed E-state index contributed by atoms with van der Waals surface area (Å²) in [6, 6.07) is 5.80. The maximum Gasteiger partial charge on any atom is 0.263 e. The first-order chi connectivity index (χ1) is 9.47. The van der Waals surface area contributed by atoms with E-state index in [0.717, 1.165) is 0 Å². The number of rotatable bonds is 4. The lowest BCUT2D eigenvalue weighted by Crippen LogP contribution is -2.14. The minimum Gasteiger partial charge on any atom is -0.326 e. The number of anilines is 2. The molecule has 0 unspecified atom stereocenters. The second-order valence-electron chi connectivity index (χ2n) is 3.90. The molecular weight excluding hydrogens is 280 g/mol. The van der Waals surface area contributed by atoms with Crippen molar-refractivity contribution in [1.82, 2.24) is 9.97 Å². The van der Waals surface area contributed by atoms with Gasteiger partial charge in [-0.05, 0) is 24.3 Å². The van der Waals surface area contributed by atoms with Crippen LogP contribution < -0.4 is 10.0 Å². The standard InChI is InChI=1S/C12H12N4O3S/c1-9(17)15-10-2-4-11(5-3-10)20(18,19)16-12-8-13-6-7-14-12/h2-8H,1H3,(H,14,16)(H,15,17). The van der Waals surface area contributed by atoms with Crippen LogP contribution in [-0.4, -0.2) is 24.3 Å². The lowest BCUT2D eigenvalue weighted by molar-refractivity contribution is -0.114. The normalized spacial score (nSPS) is 10.8. The van der Waals surface area contributed by atoms with Gasteiger partial charge < -0.3 is 5.32 Å². The van der Waals surface area contributed by atoms with E-state index in [1.165, 1.54) is 49.8 Å². The molecule has 2 aromatic rings. The van der Waals surface area contributed by atoms with Crippen LogP contribution in [0.3, 0.4) is 0 Å². The number of hydrogen-bond acceptors (Lipinski definition) is 5. The van der Waals surface area contributed by atoms with Crippen molar-refractivity contribution in [2.75, 3.05) is 10.0 Å². The molecule has 0 atom stereocenters. The predicted molar refractivity (Wildman–Crippen MR) is 73.6 cm³/mol. The number of carbonyl (C=O) groups is 1. The summed E-state index contributed by atoms with van der Waals surface area (Å²) < 4.78 is 26.4. The number of aromatic nitrogens is 2. The Labute approximate surface area is 116 Å². The molecule has 0 bridgehead atoms. The molecule has 104 valence electrons. The first-order valence-corrected chi connectivity index (χ1v) is 7.12. The monoisotopic (exact) mass is 292 g/mol. The van der Waals surface area contributed by atoms with Crippen LogP contribution in [0, 0.1) is 0 Å². The van der Waals surface area contributed by atoms with Crippen molar-refractivity contribution < 1.29 is 13.2 Å². The van der Waals surface area contributed by atoms with Gasteiger partial charge in [0.05, 0.1) is 11.1 Å². The van der Waals surface area contributed by atoms with Crippen LogP contribution in [0.1, 0.15) is 6.92 Å². The Kier molecular flexibility index (Phi) is 3.94. The smallest absolute Gasteiger partial charge is 0.263 e. The average Bonchev–Trinajstić information content (AvgIpc) is 2.39. The highest BCUT2D eigenvalue weighted by molar-refractivity contribution is 7.92. The van der Waals surface area contributed by atoms with Crippen molar-refractivity contribution in [3.8, 4) is 0 Å². The van der Waals surface area contributed by atoms with Crippen molar-refractivity contribution in [2.45, 2.75) is 11.8 Å². The second-order valence-corrected chi connectivity index (χ2v) is 5.58. The van der Waals surface area contributed by atoms with Gasteiger partial charge in [0.2, 0.25) is 5.91 Å². The summed E-state index contributed by atoms with van der Waals surface area (Å²) in [7, 11) is -3.72. The summed E-state index contributed by atoms with van der Waals surface area (Å²) in [4.78, 5) is 18.6. The van der Waals surface area contributed by atoms with Gasteiger partial charge in [0.1, 0.15) is 0 Å². The van der Waals surface area contributed by atoms with Crippen molar-refractivity contribution in [3.05, 3.63) is 42.9 Å². The van der Waals surface area contributed by atoms with Gasteiger partial charge in [-0.3, -0.25) is 14.5 Å². The minimum atomic E-state index is -3.72. The van der Waals surface area contributed by atoms with Gasteiger partial charge in [0.25, 0.3) is 10.0 Å². The van der Waals surface area contributed by atoms with E-state index in [0.29, 0.717) is 5.69 Å². The van der Waals surface area contributed by atoms with Crippen molar-refractivity contribution in [2.24, 2.45) is 0 Å². The van der Waals surface area contributed by atoms with E-state index in [4.69, 9.17) is 0 Å². The largest absolute Gasteiger partial charge is 0.326 e. The van der Waals surface area contributed by atoms with E-state index >= 15 is 0 Å². The van der Waals surface area contributed by atoms with E-state index in [2.05, 4.69) is 20.0 Å². The van der Waals surface area contributed by atoms with E-state index in [-0.39, 0.29) is 16.6 Å². The number of benzene rings is 1. The van der Waals surface area contributed by atoms with Gasteiger partial charge in [-0.2, -0.15) is 0 Å². The highest BCUT2D eigenvalue weighted by Gasteiger charge is 2.14. The fourth-order valence-corrected chi connectivity index (χ4v) is 2.46. The van der Waals surface area contributed by atoms with Crippen LogP contribution in [0.25, 0.3) is 0 Å². The molecule has 0 aliphatic heterocycles. The molecule has 0 aliphatic rings. The first kappa shape index (κ1) is 13.9. The van der Waals surface area contributed by atoms with Crippen LogP contribution in [0.2, 0.25) is 0 Å². The van der Waals surface area contributed by atoms with Crippen LogP contribution in [-0.2, 0) is 14.8 Å². The zero-order valence-corrected chi connectivity index (χ0v) is 11.4. The Morgan fingerprint density at radius 3 is 2.40 bits per heavy atom. The topological polar surface area (TPSA) is 101 Å². The third-order valence-electron chi connectivity index (χ3n) is 2.29. The molecule has 7 nitrogen and oxygen atoms in total. The molecule has 0 fully saturated rings. The Hall–Kier alpha value is -2.48. The molecule has 0 saturated heterocycles. The quantitative estimate of drug-likeness (QED) is 0.882. The fourth-order valence-electron chi connectivity index (χ4n) is 1.47. The number of nitrogens with zero attached hydrogens (tertiary/aromatic N) is 2. The van der Waals surface area contributed by atoms with Crippen molar-refractivity contribution in [3.63, 3.8) is 0 Å². The maximum absolute atomic E-state index is 12.1. The van der Waals surface area contributed by atoms with Crippen molar-refractivity contribution in [1.29, 1.82) is 0 Å². The SMILES string of the molecule is CC(=O)Nc1ccc(S(=O)(=O)Nc2cnccn2)cc1. The van der Waals surface area contributed by atoms with Gasteiger partial charge in [-0.25, -0.2) is 13.4 Å². The Balaban J connectivity index is 2.19. The first-order valence-electron chi connectivity index (χ1n) is 5.64. The summed E-state index contributed by atoms with van der Waals surface area (Å²) in [6.07, 6.45) is 4.14. The van der Waals surface area contributed by atoms with Crippen LogP contribution >= 0.6 is 0 Å².